The summed E-state index contributed by atoms with van der Waals surface area (Å²) in [5.41, 5.74) is 0. The molecule has 0 radical (unpaired) electrons. The Kier molecular flexibility index (Phi) is 5.12. The third-order valence-electron chi connectivity index (χ3n) is 2.90. The summed E-state index contributed by atoms with van der Waals surface area (Å²) in [7, 11) is 2.13. The lowest BCUT2D eigenvalue weighted by Gasteiger charge is -2.34. The Morgan fingerprint density at radius 2 is 2.43 bits per heavy atom. The Labute approximate surface area is 86.4 Å². The zero-order valence-electron chi connectivity index (χ0n) is 9.24. The second-order valence-electron chi connectivity index (χ2n) is 4.06. The largest absolute Gasteiger partial charge is 0.378 e. The van der Waals surface area contributed by atoms with Gasteiger partial charge in [0.2, 0.25) is 0 Å². The second-order valence-corrected chi connectivity index (χ2v) is 4.06. The summed E-state index contributed by atoms with van der Waals surface area (Å²) in [6, 6.07) is 0. The number of carbonyl (C=O) groups excluding carboxylic acids is 1. The Morgan fingerprint density at radius 1 is 1.64 bits per heavy atom. The van der Waals surface area contributed by atoms with Crippen molar-refractivity contribution in [1.82, 2.24) is 4.90 Å². The summed E-state index contributed by atoms with van der Waals surface area (Å²) >= 11 is 0. The Balaban J connectivity index is 2.43. The summed E-state index contributed by atoms with van der Waals surface area (Å²) in [5, 5.41) is 0. The van der Waals surface area contributed by atoms with E-state index in [1.165, 1.54) is 19.4 Å². The third-order valence-corrected chi connectivity index (χ3v) is 2.90. The van der Waals surface area contributed by atoms with Gasteiger partial charge in [-0.25, -0.2) is 0 Å². The number of aldehydes is 1. The van der Waals surface area contributed by atoms with Crippen molar-refractivity contribution in [2.45, 2.75) is 32.3 Å². The van der Waals surface area contributed by atoms with Crippen LogP contribution in [0.15, 0.2) is 0 Å². The highest BCUT2D eigenvalue weighted by Crippen LogP contribution is 2.22. The van der Waals surface area contributed by atoms with Gasteiger partial charge >= 0.3 is 0 Å². The van der Waals surface area contributed by atoms with Crippen LogP contribution in [0.3, 0.4) is 0 Å². The summed E-state index contributed by atoms with van der Waals surface area (Å²) < 4.78 is 5.61. The maximum absolute atomic E-state index is 10.5. The molecule has 0 amide bonds. The van der Waals surface area contributed by atoms with E-state index in [1.807, 2.05) is 6.92 Å². The van der Waals surface area contributed by atoms with Crippen LogP contribution in [0.5, 0.6) is 0 Å². The third kappa shape index (κ3) is 3.39. The van der Waals surface area contributed by atoms with Crippen LogP contribution in [0.2, 0.25) is 0 Å². The quantitative estimate of drug-likeness (QED) is 0.625. The second kappa shape index (κ2) is 6.14. The molecule has 2 atom stereocenters. The van der Waals surface area contributed by atoms with Crippen molar-refractivity contribution >= 4 is 6.29 Å². The zero-order chi connectivity index (χ0) is 10.4. The van der Waals surface area contributed by atoms with E-state index in [2.05, 4.69) is 11.9 Å². The molecule has 1 fully saturated rings. The molecule has 0 aromatic heterocycles. The number of nitrogens with zero attached hydrogens (tertiary/aromatic N) is 1. The van der Waals surface area contributed by atoms with E-state index >= 15 is 0 Å². The molecule has 1 aliphatic heterocycles. The first-order valence-electron chi connectivity index (χ1n) is 5.51. The lowest BCUT2D eigenvalue weighted by atomic mass is 9.91. The molecule has 1 saturated heterocycles. The lowest BCUT2D eigenvalue weighted by Crippen LogP contribution is -2.39. The summed E-state index contributed by atoms with van der Waals surface area (Å²) in [5.74, 6) is 0.541. The van der Waals surface area contributed by atoms with Crippen molar-refractivity contribution in [1.29, 1.82) is 0 Å². The van der Waals surface area contributed by atoms with Gasteiger partial charge < -0.3 is 14.4 Å². The first kappa shape index (κ1) is 11.7. The van der Waals surface area contributed by atoms with Crippen molar-refractivity contribution in [2.75, 3.05) is 26.7 Å². The van der Waals surface area contributed by atoms with Gasteiger partial charge in [-0.2, -0.15) is 0 Å². The van der Waals surface area contributed by atoms with Gasteiger partial charge in [0.25, 0.3) is 0 Å². The maximum atomic E-state index is 10.5. The predicted octanol–water partition coefficient (Wildman–Crippen LogP) is 1.32. The molecule has 2 unspecified atom stereocenters. The monoisotopic (exact) mass is 199 g/mol. The van der Waals surface area contributed by atoms with Gasteiger partial charge in [0.1, 0.15) is 6.29 Å². The molecule has 0 aliphatic carbocycles. The van der Waals surface area contributed by atoms with E-state index in [4.69, 9.17) is 4.74 Å². The number of hydrogen-bond acceptors (Lipinski definition) is 3. The van der Waals surface area contributed by atoms with Gasteiger partial charge in [0, 0.05) is 19.6 Å². The fourth-order valence-corrected chi connectivity index (χ4v) is 2.22. The molecule has 14 heavy (non-hydrogen) atoms. The molecule has 1 aliphatic rings. The number of carbonyl (C=O) groups is 1. The highest BCUT2D eigenvalue weighted by atomic mass is 16.5. The van der Waals surface area contributed by atoms with Crippen LogP contribution in [0, 0.1) is 5.92 Å². The topological polar surface area (TPSA) is 29.5 Å². The first-order chi connectivity index (χ1) is 6.77. The Hall–Kier alpha value is -0.410. The van der Waals surface area contributed by atoms with Crippen LogP contribution in [-0.2, 0) is 9.53 Å². The molecule has 1 heterocycles. The van der Waals surface area contributed by atoms with Crippen LogP contribution < -0.4 is 0 Å². The van der Waals surface area contributed by atoms with Crippen LogP contribution in [0.4, 0.5) is 0 Å². The first-order valence-corrected chi connectivity index (χ1v) is 5.51. The van der Waals surface area contributed by atoms with Crippen molar-refractivity contribution in [2.24, 2.45) is 5.92 Å². The number of likely N-dealkylation sites (tertiary alicyclic amines) is 1. The average molecular weight is 199 g/mol. The lowest BCUT2D eigenvalue weighted by molar-refractivity contribution is -0.112. The molecule has 82 valence electrons. The van der Waals surface area contributed by atoms with Crippen LogP contribution >= 0.6 is 0 Å². The van der Waals surface area contributed by atoms with Gasteiger partial charge in [-0.1, -0.05) is 0 Å². The smallest absolute Gasteiger partial charge is 0.122 e. The minimum Gasteiger partial charge on any atom is -0.378 e. The Bertz CT molecular complexity index is 173. The fourth-order valence-electron chi connectivity index (χ4n) is 2.22. The molecule has 0 spiro atoms. The van der Waals surface area contributed by atoms with Gasteiger partial charge in [-0.05, 0) is 39.3 Å². The molecule has 1 rings (SSSR count). The summed E-state index contributed by atoms with van der Waals surface area (Å²) in [4.78, 5) is 12.8. The zero-order valence-corrected chi connectivity index (χ0v) is 9.24. The standard InChI is InChI=1S/C11H21NO2/c1-3-14-11(6-8-13)10-5-4-7-12(2)9-10/h8,10-11H,3-7,9H2,1-2H3. The molecule has 0 bridgehead atoms. The van der Waals surface area contributed by atoms with Gasteiger partial charge in [0.05, 0.1) is 6.10 Å². The van der Waals surface area contributed by atoms with Crippen molar-refractivity contribution in [3.05, 3.63) is 0 Å². The molecule has 0 saturated carbocycles. The van der Waals surface area contributed by atoms with Crippen molar-refractivity contribution < 1.29 is 9.53 Å². The number of rotatable bonds is 5. The van der Waals surface area contributed by atoms with Crippen LogP contribution in [0.25, 0.3) is 0 Å². The van der Waals surface area contributed by atoms with Gasteiger partial charge in [-0.15, -0.1) is 0 Å². The molecule has 0 aromatic rings. The number of ether oxygens (including phenoxy) is 1. The van der Waals surface area contributed by atoms with E-state index < -0.39 is 0 Å². The SMILES string of the molecule is CCOC(CC=O)C1CCCN(C)C1. The Morgan fingerprint density at radius 3 is 3.00 bits per heavy atom. The van der Waals surface area contributed by atoms with Crippen LogP contribution in [0.1, 0.15) is 26.2 Å². The van der Waals surface area contributed by atoms with Crippen LogP contribution in [-0.4, -0.2) is 44.0 Å². The molecule has 3 heteroatoms. The minimum absolute atomic E-state index is 0.139. The molecule has 0 aromatic carbocycles. The number of piperidine rings is 1. The molecule has 0 N–H and O–H groups in total. The normalized spacial score (nSPS) is 26.0. The molecular weight excluding hydrogens is 178 g/mol. The maximum Gasteiger partial charge on any atom is 0.122 e. The average Bonchev–Trinajstić information content (AvgIpc) is 2.17. The number of hydrogen-bond donors (Lipinski definition) is 0. The van der Waals surface area contributed by atoms with E-state index in [-0.39, 0.29) is 6.10 Å². The summed E-state index contributed by atoms with van der Waals surface area (Å²) in [6.07, 6.45) is 4.09. The van der Waals surface area contributed by atoms with E-state index in [1.54, 1.807) is 0 Å². The fraction of sp³-hybridized carbons (Fsp3) is 0.909. The van der Waals surface area contributed by atoms with E-state index in [0.717, 1.165) is 12.8 Å². The van der Waals surface area contributed by atoms with E-state index in [9.17, 15) is 4.79 Å². The van der Waals surface area contributed by atoms with Gasteiger partial charge in [0.15, 0.2) is 0 Å². The summed E-state index contributed by atoms with van der Waals surface area (Å²) in [6.45, 7) is 4.94. The van der Waals surface area contributed by atoms with Gasteiger partial charge in [-0.3, -0.25) is 0 Å². The highest BCUT2D eigenvalue weighted by Gasteiger charge is 2.25. The highest BCUT2D eigenvalue weighted by molar-refractivity contribution is 5.50. The van der Waals surface area contributed by atoms with Crippen molar-refractivity contribution in [3.8, 4) is 0 Å². The minimum atomic E-state index is 0.139. The molecular formula is C11H21NO2. The molecule has 3 nitrogen and oxygen atoms in total. The van der Waals surface area contributed by atoms with E-state index in [0.29, 0.717) is 18.9 Å². The predicted molar refractivity (Wildman–Crippen MR) is 56.3 cm³/mol. The van der Waals surface area contributed by atoms with Crippen molar-refractivity contribution in [3.63, 3.8) is 0 Å².